The predicted molar refractivity (Wildman–Crippen MR) is 103 cm³/mol. The van der Waals surface area contributed by atoms with Crippen molar-refractivity contribution in [3.8, 4) is 0 Å². The van der Waals surface area contributed by atoms with E-state index in [1.54, 1.807) is 19.9 Å². The highest BCUT2D eigenvalue weighted by molar-refractivity contribution is 5.87. The average molecular weight is 468 g/mol. The Kier molecular flexibility index (Phi) is 9.93. The van der Waals surface area contributed by atoms with E-state index in [0.717, 1.165) is 0 Å². The number of allylic oxidation sites excluding steroid dienone is 1. The summed E-state index contributed by atoms with van der Waals surface area (Å²) in [6.07, 6.45) is -10.3. The highest BCUT2D eigenvalue weighted by Gasteiger charge is 2.50. The maximum atomic E-state index is 11.7. The van der Waals surface area contributed by atoms with E-state index in [1.165, 1.54) is 0 Å². The van der Waals surface area contributed by atoms with Crippen LogP contribution in [0.15, 0.2) is 11.6 Å². The summed E-state index contributed by atoms with van der Waals surface area (Å²) in [5.74, 6) is -0.626. The second-order valence-electron chi connectivity index (χ2n) is 7.74. The van der Waals surface area contributed by atoms with Crippen molar-refractivity contribution in [1.29, 1.82) is 0 Å². The Morgan fingerprint density at radius 3 is 2.41 bits per heavy atom. The summed E-state index contributed by atoms with van der Waals surface area (Å²) in [4.78, 5) is 11.7. The third-order valence-corrected chi connectivity index (χ3v) is 5.36. The molecular formula is C19H32O13. The largest absolute Gasteiger partial charge is 0.459 e. The number of rotatable bonds is 10. The van der Waals surface area contributed by atoms with Gasteiger partial charge in [-0.05, 0) is 13.8 Å². The molecule has 0 amide bonds. The van der Waals surface area contributed by atoms with Crippen LogP contribution in [-0.4, -0.2) is 130 Å². The number of carbonyl (C=O) groups excluding carboxylic acids is 1. The number of hydrogen-bond acceptors (Lipinski definition) is 13. The van der Waals surface area contributed by atoms with E-state index in [0.29, 0.717) is 5.57 Å². The molecule has 0 unspecified atom stereocenters. The van der Waals surface area contributed by atoms with Crippen LogP contribution >= 0.6 is 0 Å². The Labute approximate surface area is 184 Å². The van der Waals surface area contributed by atoms with E-state index in [-0.39, 0.29) is 13.2 Å². The number of aliphatic hydroxyl groups is 7. The van der Waals surface area contributed by atoms with Crippen molar-refractivity contribution in [1.82, 2.24) is 0 Å². The van der Waals surface area contributed by atoms with Crippen molar-refractivity contribution in [2.45, 2.75) is 68.7 Å². The summed E-state index contributed by atoms with van der Waals surface area (Å²) < 4.78 is 26.2. The zero-order chi connectivity index (χ0) is 24.1. The zero-order valence-corrected chi connectivity index (χ0v) is 17.8. The summed E-state index contributed by atoms with van der Waals surface area (Å²) in [5, 5.41) is 69.1. The van der Waals surface area contributed by atoms with Crippen LogP contribution in [0.25, 0.3) is 0 Å². The van der Waals surface area contributed by atoms with Gasteiger partial charge in [-0.25, -0.2) is 4.79 Å². The normalized spacial score (nSPS) is 39.2. The van der Waals surface area contributed by atoms with Gasteiger partial charge in [-0.2, -0.15) is 0 Å². The van der Waals surface area contributed by atoms with Crippen LogP contribution in [-0.2, 0) is 28.5 Å². The van der Waals surface area contributed by atoms with E-state index in [9.17, 15) is 35.4 Å². The first-order valence-electron chi connectivity index (χ1n) is 10.1. The van der Waals surface area contributed by atoms with Gasteiger partial charge in [0.25, 0.3) is 0 Å². The Bertz CT molecular complexity index is 643. The molecule has 0 aromatic carbocycles. The SMILES string of the molecule is C/C=C(/C)C(=O)OC[C@H](CO)O[C@@H]1O[C@H](CO[C@@H]2OC[C@](O)(CO)[C@H]2O)[C@@H](O)[C@H](O)[C@H]1O. The average Bonchev–Trinajstić information content (AvgIpc) is 3.09. The second kappa shape index (κ2) is 11.8. The minimum atomic E-state index is -1.91. The maximum absolute atomic E-state index is 11.7. The first-order valence-corrected chi connectivity index (χ1v) is 10.1. The van der Waals surface area contributed by atoms with Crippen molar-refractivity contribution in [3.63, 3.8) is 0 Å². The minimum absolute atomic E-state index is 0.343. The molecule has 2 aliphatic rings. The lowest BCUT2D eigenvalue weighted by molar-refractivity contribution is -0.322. The van der Waals surface area contributed by atoms with Gasteiger partial charge in [0.15, 0.2) is 12.6 Å². The molecule has 0 spiro atoms. The van der Waals surface area contributed by atoms with Gasteiger partial charge in [0.1, 0.15) is 48.8 Å². The minimum Gasteiger partial charge on any atom is -0.459 e. The third-order valence-electron chi connectivity index (χ3n) is 5.36. The van der Waals surface area contributed by atoms with Gasteiger partial charge in [-0.1, -0.05) is 6.08 Å². The number of carbonyl (C=O) groups is 1. The van der Waals surface area contributed by atoms with Gasteiger partial charge in [0.2, 0.25) is 0 Å². The highest BCUT2D eigenvalue weighted by atomic mass is 16.7. The third kappa shape index (κ3) is 6.21. The van der Waals surface area contributed by atoms with Crippen molar-refractivity contribution in [2.75, 3.05) is 33.0 Å². The topological polar surface area (TPSA) is 205 Å². The lowest BCUT2D eigenvalue weighted by Gasteiger charge is -2.41. The zero-order valence-electron chi connectivity index (χ0n) is 17.8. The van der Waals surface area contributed by atoms with Crippen LogP contribution in [0.4, 0.5) is 0 Å². The van der Waals surface area contributed by atoms with E-state index in [2.05, 4.69) is 0 Å². The van der Waals surface area contributed by atoms with Crippen molar-refractivity contribution in [3.05, 3.63) is 11.6 Å². The molecule has 0 aliphatic carbocycles. The Hall–Kier alpha value is -1.23. The first-order chi connectivity index (χ1) is 15.1. The summed E-state index contributed by atoms with van der Waals surface area (Å²) in [5.41, 5.74) is -1.56. The fourth-order valence-corrected chi connectivity index (χ4v) is 3.02. The number of ether oxygens (including phenoxy) is 5. The van der Waals surface area contributed by atoms with Gasteiger partial charge in [-0.15, -0.1) is 0 Å². The molecule has 2 saturated heterocycles. The van der Waals surface area contributed by atoms with Crippen LogP contribution in [0.5, 0.6) is 0 Å². The second-order valence-corrected chi connectivity index (χ2v) is 7.74. The van der Waals surface area contributed by atoms with Gasteiger partial charge < -0.3 is 59.4 Å². The Balaban J connectivity index is 1.95. The molecule has 0 saturated carbocycles. The lowest BCUT2D eigenvalue weighted by atomic mass is 9.99. The Morgan fingerprint density at radius 1 is 1.16 bits per heavy atom. The summed E-state index contributed by atoms with van der Waals surface area (Å²) >= 11 is 0. The van der Waals surface area contributed by atoms with Crippen LogP contribution in [0, 0.1) is 0 Å². The molecule has 0 aromatic rings. The number of hydrogen-bond donors (Lipinski definition) is 7. The Morgan fingerprint density at radius 2 is 1.84 bits per heavy atom. The molecular weight excluding hydrogens is 436 g/mol. The molecule has 32 heavy (non-hydrogen) atoms. The van der Waals surface area contributed by atoms with Crippen LogP contribution in [0.3, 0.4) is 0 Å². The van der Waals surface area contributed by atoms with Crippen molar-refractivity contribution >= 4 is 5.97 Å². The van der Waals surface area contributed by atoms with Gasteiger partial charge in [-0.3, -0.25) is 0 Å². The van der Waals surface area contributed by atoms with E-state index in [4.69, 9.17) is 28.8 Å². The first kappa shape index (κ1) is 27.0. The fraction of sp³-hybridized carbons (Fsp3) is 0.842. The number of aliphatic hydroxyl groups excluding tert-OH is 6. The molecule has 2 rings (SSSR count). The van der Waals surface area contributed by atoms with Gasteiger partial charge in [0.05, 0.1) is 26.4 Å². The molecule has 9 atom stereocenters. The highest BCUT2D eigenvalue weighted by Crippen LogP contribution is 2.28. The van der Waals surface area contributed by atoms with Gasteiger partial charge in [0, 0.05) is 5.57 Å². The molecule has 186 valence electrons. The lowest BCUT2D eigenvalue weighted by Crippen LogP contribution is -2.60. The maximum Gasteiger partial charge on any atom is 0.333 e. The fourth-order valence-electron chi connectivity index (χ4n) is 3.02. The smallest absolute Gasteiger partial charge is 0.333 e. The van der Waals surface area contributed by atoms with E-state index >= 15 is 0 Å². The molecule has 13 heteroatoms. The monoisotopic (exact) mass is 468 g/mol. The van der Waals surface area contributed by atoms with Crippen molar-refractivity contribution < 1.29 is 64.2 Å². The van der Waals surface area contributed by atoms with Crippen LogP contribution < -0.4 is 0 Å². The van der Waals surface area contributed by atoms with Gasteiger partial charge >= 0.3 is 5.97 Å². The summed E-state index contributed by atoms with van der Waals surface area (Å²) in [6.45, 7) is 0.619. The summed E-state index contributed by atoms with van der Waals surface area (Å²) in [6, 6.07) is 0. The molecule has 2 heterocycles. The van der Waals surface area contributed by atoms with Crippen LogP contribution in [0.1, 0.15) is 13.8 Å². The quantitative estimate of drug-likeness (QED) is 0.121. The molecule has 0 radical (unpaired) electrons. The number of esters is 1. The standard InChI is InChI=1S/C19H32O13/c1-3-9(2)16(26)28-5-10(4-20)31-17-14(24)13(23)12(22)11(32-17)6-29-18-15(25)19(27,7-21)8-30-18/h3,10-15,17-18,20-25,27H,4-8H2,1-2H3/b9-3-/t10-,11+,12+,13-,14+,15-,17+,18+,19+/m0/s1. The summed E-state index contributed by atoms with van der Waals surface area (Å²) in [7, 11) is 0. The molecule has 0 aromatic heterocycles. The molecule has 0 bridgehead atoms. The molecule has 2 fully saturated rings. The molecule has 13 nitrogen and oxygen atoms in total. The van der Waals surface area contributed by atoms with Crippen LogP contribution in [0.2, 0.25) is 0 Å². The predicted octanol–water partition coefficient (Wildman–Crippen LogP) is -3.86. The molecule has 7 N–H and O–H groups in total. The molecule has 2 aliphatic heterocycles. The van der Waals surface area contributed by atoms with E-state index in [1.807, 2.05) is 0 Å². The van der Waals surface area contributed by atoms with Crippen molar-refractivity contribution in [2.24, 2.45) is 0 Å². The van der Waals surface area contributed by atoms with E-state index < -0.39 is 80.6 Å².